The van der Waals surface area contributed by atoms with Gasteiger partial charge in [-0.15, -0.1) is 0 Å². The zero-order chi connectivity index (χ0) is 21.5. The molecule has 0 spiro atoms. The van der Waals surface area contributed by atoms with Gasteiger partial charge in [0.15, 0.2) is 6.61 Å². The summed E-state index contributed by atoms with van der Waals surface area (Å²) >= 11 is 11.9. The Kier molecular flexibility index (Phi) is 7.27. The number of nitrogens with one attached hydrogen (secondary N) is 2. The average Bonchev–Trinajstić information content (AvgIpc) is 2.74. The molecule has 3 aromatic carbocycles. The summed E-state index contributed by atoms with van der Waals surface area (Å²) in [6.45, 7) is -0.493. The molecule has 8 heteroatoms. The summed E-state index contributed by atoms with van der Waals surface area (Å²) in [6, 6.07) is 18.0. The highest BCUT2D eigenvalue weighted by atomic mass is 35.5. The monoisotopic (exact) mass is 444 g/mol. The Bertz CT molecular complexity index is 1100. The highest BCUT2D eigenvalue weighted by molar-refractivity contribution is 6.44. The lowest BCUT2D eigenvalue weighted by atomic mass is 10.1. The fourth-order valence-corrected chi connectivity index (χ4v) is 3.12. The molecule has 0 heterocycles. The second kappa shape index (κ2) is 10.1. The maximum atomic E-state index is 12.2. The van der Waals surface area contributed by atoms with E-state index in [-0.39, 0.29) is 23.8 Å². The lowest BCUT2D eigenvalue weighted by Gasteiger charge is -2.10. The predicted octanol–water partition coefficient (Wildman–Crippen LogP) is 5.05. The molecule has 0 unspecified atom stereocenters. The van der Waals surface area contributed by atoms with Crippen LogP contribution in [-0.4, -0.2) is 24.4 Å². The van der Waals surface area contributed by atoms with E-state index >= 15 is 0 Å². The van der Waals surface area contributed by atoms with Crippen LogP contribution in [0.2, 0.25) is 10.0 Å². The molecule has 3 rings (SSSR count). The molecule has 2 amide bonds. The van der Waals surface area contributed by atoms with Crippen LogP contribution in [0.3, 0.4) is 0 Å². The molecule has 0 aliphatic carbocycles. The predicted molar refractivity (Wildman–Crippen MR) is 118 cm³/mol. The number of hydrogen-bond donors (Lipinski definition) is 2. The van der Waals surface area contributed by atoms with Crippen LogP contribution in [0.1, 0.15) is 12.8 Å². The number of esters is 1. The van der Waals surface area contributed by atoms with E-state index in [1.165, 1.54) is 0 Å². The Balaban J connectivity index is 1.44. The molecule has 6 nitrogen and oxygen atoms in total. The van der Waals surface area contributed by atoms with Crippen molar-refractivity contribution in [2.75, 3.05) is 17.2 Å². The molecule has 30 heavy (non-hydrogen) atoms. The van der Waals surface area contributed by atoms with Crippen LogP contribution in [0.15, 0.2) is 60.7 Å². The second-order valence-electron chi connectivity index (χ2n) is 6.39. The second-order valence-corrected chi connectivity index (χ2v) is 7.17. The lowest BCUT2D eigenvalue weighted by Crippen LogP contribution is -2.22. The van der Waals surface area contributed by atoms with Crippen LogP contribution < -0.4 is 10.6 Å². The number of amides is 2. The van der Waals surface area contributed by atoms with E-state index in [9.17, 15) is 14.4 Å². The van der Waals surface area contributed by atoms with Crippen LogP contribution >= 0.6 is 23.2 Å². The summed E-state index contributed by atoms with van der Waals surface area (Å²) in [5.41, 5.74) is 0.990. The minimum Gasteiger partial charge on any atom is -0.456 e. The Morgan fingerprint density at radius 3 is 2.27 bits per heavy atom. The molecular weight excluding hydrogens is 427 g/mol. The number of anilines is 2. The molecule has 0 radical (unpaired) electrons. The van der Waals surface area contributed by atoms with Crippen LogP contribution in [0.5, 0.6) is 0 Å². The van der Waals surface area contributed by atoms with Crippen molar-refractivity contribution in [3.8, 4) is 0 Å². The number of rotatable bonds is 7. The summed E-state index contributed by atoms with van der Waals surface area (Å²) in [7, 11) is 0. The highest BCUT2D eigenvalue weighted by Gasteiger charge is 2.13. The van der Waals surface area contributed by atoms with Crippen LogP contribution in [-0.2, 0) is 19.1 Å². The third-order valence-electron chi connectivity index (χ3n) is 4.21. The highest BCUT2D eigenvalue weighted by Crippen LogP contribution is 2.29. The largest absolute Gasteiger partial charge is 0.456 e. The number of carbonyl (C=O) groups excluding carboxylic acids is 3. The lowest BCUT2D eigenvalue weighted by molar-refractivity contribution is -0.147. The van der Waals surface area contributed by atoms with Gasteiger partial charge in [-0.1, -0.05) is 65.7 Å². The maximum Gasteiger partial charge on any atom is 0.306 e. The summed E-state index contributed by atoms with van der Waals surface area (Å²) in [4.78, 5) is 36.0. The van der Waals surface area contributed by atoms with Crippen molar-refractivity contribution in [1.82, 2.24) is 0 Å². The number of fused-ring (bicyclic) bond motifs is 1. The molecule has 2 N–H and O–H groups in total. The SMILES string of the molecule is O=C(COC(=O)CCC(=O)Nc1cccc2ccccc12)Nc1cccc(Cl)c1Cl. The zero-order valence-corrected chi connectivity index (χ0v) is 17.3. The maximum absolute atomic E-state index is 12.2. The summed E-state index contributed by atoms with van der Waals surface area (Å²) in [5, 5.41) is 7.71. The molecule has 0 saturated heterocycles. The topological polar surface area (TPSA) is 84.5 Å². The molecule has 0 fully saturated rings. The third kappa shape index (κ3) is 5.72. The average molecular weight is 445 g/mol. The van der Waals surface area contributed by atoms with Crippen LogP contribution in [0, 0.1) is 0 Å². The Labute approximate surface area is 183 Å². The van der Waals surface area contributed by atoms with Crippen molar-refractivity contribution in [2.45, 2.75) is 12.8 Å². The number of halogens is 2. The van der Waals surface area contributed by atoms with Gasteiger partial charge in [0.25, 0.3) is 5.91 Å². The Morgan fingerprint density at radius 2 is 1.43 bits per heavy atom. The van der Waals surface area contributed by atoms with Crippen molar-refractivity contribution in [3.05, 3.63) is 70.7 Å². The standard InChI is InChI=1S/C22H18Cl2N2O4/c23-16-8-4-10-18(22(16)24)26-20(28)13-30-21(29)12-11-19(27)25-17-9-3-6-14-5-1-2-7-15(14)17/h1-10H,11-13H2,(H,25,27)(H,26,28). The first kappa shape index (κ1) is 21.6. The van der Waals surface area contributed by atoms with E-state index in [2.05, 4.69) is 10.6 Å². The molecule has 0 aliphatic rings. The van der Waals surface area contributed by atoms with Crippen molar-refractivity contribution < 1.29 is 19.1 Å². The number of benzene rings is 3. The van der Waals surface area contributed by atoms with Gasteiger partial charge in [-0.25, -0.2) is 0 Å². The first-order valence-corrected chi connectivity index (χ1v) is 9.87. The molecule has 0 bridgehead atoms. The first-order valence-electron chi connectivity index (χ1n) is 9.11. The minimum absolute atomic E-state index is 0.0657. The van der Waals surface area contributed by atoms with Gasteiger partial charge < -0.3 is 15.4 Å². The van der Waals surface area contributed by atoms with E-state index in [4.69, 9.17) is 27.9 Å². The van der Waals surface area contributed by atoms with Crippen molar-refractivity contribution in [3.63, 3.8) is 0 Å². The van der Waals surface area contributed by atoms with E-state index in [1.807, 2.05) is 36.4 Å². The molecule has 0 atom stereocenters. The van der Waals surface area contributed by atoms with Gasteiger partial charge >= 0.3 is 5.97 Å². The Morgan fingerprint density at radius 1 is 0.767 bits per heavy atom. The van der Waals surface area contributed by atoms with E-state index < -0.39 is 18.5 Å². The van der Waals surface area contributed by atoms with Crippen LogP contribution in [0.25, 0.3) is 10.8 Å². The number of hydrogen-bond acceptors (Lipinski definition) is 4. The van der Waals surface area contributed by atoms with Gasteiger partial charge in [0.1, 0.15) is 0 Å². The zero-order valence-electron chi connectivity index (χ0n) is 15.8. The van der Waals surface area contributed by atoms with Gasteiger partial charge in [0.05, 0.1) is 22.2 Å². The Hall–Kier alpha value is -3.09. The third-order valence-corrected chi connectivity index (χ3v) is 5.03. The minimum atomic E-state index is -0.657. The summed E-state index contributed by atoms with van der Waals surface area (Å²) in [6.07, 6.45) is -0.217. The van der Waals surface area contributed by atoms with E-state index in [0.717, 1.165) is 10.8 Å². The van der Waals surface area contributed by atoms with Gasteiger partial charge in [-0.3, -0.25) is 14.4 Å². The molecule has 154 valence electrons. The number of carbonyl (C=O) groups is 3. The fourth-order valence-electron chi connectivity index (χ4n) is 2.77. The van der Waals surface area contributed by atoms with Gasteiger partial charge in [0, 0.05) is 17.5 Å². The number of ether oxygens (including phenoxy) is 1. The van der Waals surface area contributed by atoms with Gasteiger partial charge in [-0.2, -0.15) is 0 Å². The summed E-state index contributed by atoms with van der Waals surface area (Å²) < 4.78 is 4.91. The molecule has 0 aliphatic heterocycles. The van der Waals surface area contributed by atoms with Crippen LogP contribution in [0.4, 0.5) is 11.4 Å². The normalized spacial score (nSPS) is 10.5. The van der Waals surface area contributed by atoms with Gasteiger partial charge in [-0.05, 0) is 23.6 Å². The smallest absolute Gasteiger partial charge is 0.306 e. The van der Waals surface area contributed by atoms with E-state index in [0.29, 0.717) is 16.4 Å². The quantitative estimate of drug-likeness (QED) is 0.499. The van der Waals surface area contributed by atoms with Crippen molar-refractivity contribution in [1.29, 1.82) is 0 Å². The van der Waals surface area contributed by atoms with Crippen molar-refractivity contribution in [2.24, 2.45) is 0 Å². The first-order chi connectivity index (χ1) is 14.4. The summed E-state index contributed by atoms with van der Waals surface area (Å²) in [5.74, 6) is -1.54. The van der Waals surface area contributed by atoms with E-state index in [1.54, 1.807) is 24.3 Å². The molecular formula is C22H18Cl2N2O4. The molecule has 0 aromatic heterocycles. The molecule has 3 aromatic rings. The molecule has 0 saturated carbocycles. The fraction of sp³-hybridized carbons (Fsp3) is 0.136. The van der Waals surface area contributed by atoms with Gasteiger partial charge in [0.2, 0.25) is 5.91 Å². The van der Waals surface area contributed by atoms with Crippen molar-refractivity contribution >= 4 is 63.1 Å².